The second-order valence-electron chi connectivity index (χ2n) is 7.58. The van der Waals surface area contributed by atoms with Crippen molar-refractivity contribution in [3.63, 3.8) is 0 Å². The van der Waals surface area contributed by atoms with Gasteiger partial charge in [0.25, 0.3) is 0 Å². The van der Waals surface area contributed by atoms with Crippen LogP contribution in [0.15, 0.2) is 109 Å². The second-order valence-corrected chi connectivity index (χ2v) is 7.58. The van der Waals surface area contributed by atoms with Crippen LogP contribution in [0.2, 0.25) is 0 Å². The first-order valence-electron chi connectivity index (χ1n) is 9.95. The second kappa shape index (κ2) is 6.35. The van der Waals surface area contributed by atoms with Gasteiger partial charge >= 0.3 is 0 Å². The summed E-state index contributed by atoms with van der Waals surface area (Å²) in [7, 11) is 0. The summed E-state index contributed by atoms with van der Waals surface area (Å²) in [5.74, 6) is 0. The highest BCUT2D eigenvalue weighted by atomic mass is 14.9. The molecule has 6 rings (SSSR count). The molecule has 0 saturated carbocycles. The summed E-state index contributed by atoms with van der Waals surface area (Å²) in [6.45, 7) is 0. The third-order valence-electron chi connectivity index (χ3n) is 5.74. The molecule has 29 heavy (non-hydrogen) atoms. The number of hydrogen-bond acceptors (Lipinski definition) is 1. The molecule has 0 fully saturated rings. The van der Waals surface area contributed by atoms with E-state index in [2.05, 4.69) is 96.3 Å². The van der Waals surface area contributed by atoms with Crippen LogP contribution in [-0.2, 0) is 0 Å². The molecule has 6 aromatic rings. The van der Waals surface area contributed by atoms with E-state index in [1.165, 1.54) is 43.4 Å². The maximum atomic E-state index is 3.45. The van der Waals surface area contributed by atoms with E-state index in [1.807, 2.05) is 18.2 Å². The zero-order chi connectivity index (χ0) is 19.2. The smallest absolute Gasteiger partial charge is 0.0384 e. The fourth-order valence-corrected chi connectivity index (χ4v) is 4.35. The van der Waals surface area contributed by atoms with Crippen LogP contribution in [0, 0.1) is 0 Å². The van der Waals surface area contributed by atoms with E-state index in [4.69, 9.17) is 0 Å². The summed E-state index contributed by atoms with van der Waals surface area (Å²) in [5.41, 5.74) is 4.68. The lowest BCUT2D eigenvalue weighted by Crippen LogP contribution is -1.90. The van der Waals surface area contributed by atoms with E-state index in [0.29, 0.717) is 0 Å². The predicted octanol–water partition coefficient (Wildman–Crippen LogP) is 7.99. The van der Waals surface area contributed by atoms with Crippen molar-refractivity contribution >= 4 is 43.7 Å². The average Bonchev–Trinajstić information content (AvgIpc) is 2.78. The van der Waals surface area contributed by atoms with E-state index in [9.17, 15) is 0 Å². The van der Waals surface area contributed by atoms with Crippen LogP contribution >= 0.6 is 0 Å². The molecule has 0 aliphatic rings. The SMILES string of the molecule is c1ccc(Nc2ccc(-c3cc4ccc5cccc6ccc(c3)c4c56)cc2)cc1. The largest absolute Gasteiger partial charge is 0.356 e. The molecule has 136 valence electrons. The highest BCUT2D eigenvalue weighted by Crippen LogP contribution is 2.37. The third-order valence-corrected chi connectivity index (χ3v) is 5.74. The minimum Gasteiger partial charge on any atom is -0.356 e. The van der Waals surface area contributed by atoms with Crippen molar-refractivity contribution in [3.05, 3.63) is 109 Å². The number of anilines is 2. The minimum absolute atomic E-state index is 1.10. The van der Waals surface area contributed by atoms with Gasteiger partial charge in [0.2, 0.25) is 0 Å². The molecule has 0 aliphatic carbocycles. The van der Waals surface area contributed by atoms with Crippen LogP contribution in [-0.4, -0.2) is 0 Å². The Bertz CT molecular complexity index is 1380. The number of nitrogens with one attached hydrogen (secondary N) is 1. The Morgan fingerprint density at radius 3 is 1.59 bits per heavy atom. The Hall–Kier alpha value is -3.84. The highest BCUT2D eigenvalue weighted by Gasteiger charge is 2.10. The van der Waals surface area contributed by atoms with Crippen molar-refractivity contribution in [2.24, 2.45) is 0 Å². The molecule has 6 aromatic carbocycles. The van der Waals surface area contributed by atoms with Gasteiger partial charge in [-0.2, -0.15) is 0 Å². The number of benzene rings is 6. The molecule has 1 N–H and O–H groups in total. The molecular weight excluding hydrogens is 350 g/mol. The van der Waals surface area contributed by atoms with Gasteiger partial charge in [0.05, 0.1) is 0 Å². The predicted molar refractivity (Wildman–Crippen MR) is 125 cm³/mol. The van der Waals surface area contributed by atoms with E-state index >= 15 is 0 Å². The summed E-state index contributed by atoms with van der Waals surface area (Å²) >= 11 is 0. The van der Waals surface area contributed by atoms with Crippen LogP contribution in [0.1, 0.15) is 0 Å². The number of rotatable bonds is 3. The Kier molecular flexibility index (Phi) is 3.54. The first-order chi connectivity index (χ1) is 14.3. The quantitative estimate of drug-likeness (QED) is 0.312. The average molecular weight is 369 g/mol. The van der Waals surface area contributed by atoms with Crippen LogP contribution in [0.5, 0.6) is 0 Å². The van der Waals surface area contributed by atoms with Crippen LogP contribution in [0.3, 0.4) is 0 Å². The molecule has 0 saturated heterocycles. The van der Waals surface area contributed by atoms with Crippen LogP contribution in [0.25, 0.3) is 43.4 Å². The maximum absolute atomic E-state index is 3.45. The highest BCUT2D eigenvalue weighted by molar-refractivity contribution is 6.23. The third kappa shape index (κ3) is 2.71. The zero-order valence-corrected chi connectivity index (χ0v) is 15.9. The molecule has 0 heterocycles. The summed E-state index contributed by atoms with van der Waals surface area (Å²) < 4.78 is 0. The Morgan fingerprint density at radius 1 is 0.379 bits per heavy atom. The molecule has 0 radical (unpaired) electrons. The van der Waals surface area contributed by atoms with Crippen molar-refractivity contribution in [2.45, 2.75) is 0 Å². The van der Waals surface area contributed by atoms with Crippen LogP contribution < -0.4 is 5.32 Å². The summed E-state index contributed by atoms with van der Waals surface area (Å²) in [6, 6.07) is 39.1. The Balaban J connectivity index is 1.44. The van der Waals surface area contributed by atoms with Gasteiger partial charge in [-0.05, 0) is 79.8 Å². The first-order valence-corrected chi connectivity index (χ1v) is 9.95. The van der Waals surface area contributed by atoms with E-state index in [1.54, 1.807) is 0 Å². The van der Waals surface area contributed by atoms with Crippen molar-refractivity contribution in [3.8, 4) is 11.1 Å². The molecule has 0 bridgehead atoms. The number of para-hydroxylation sites is 1. The Labute approximate surface area is 169 Å². The molecule has 0 atom stereocenters. The molecular formula is C28H19N. The molecule has 0 aliphatic heterocycles. The fourth-order valence-electron chi connectivity index (χ4n) is 4.35. The normalized spacial score (nSPS) is 11.4. The zero-order valence-electron chi connectivity index (χ0n) is 15.9. The van der Waals surface area contributed by atoms with Crippen molar-refractivity contribution in [1.82, 2.24) is 0 Å². The lowest BCUT2D eigenvalue weighted by atomic mass is 9.91. The van der Waals surface area contributed by atoms with E-state index in [0.717, 1.165) is 11.4 Å². The molecule has 1 heteroatoms. The molecule has 1 nitrogen and oxygen atoms in total. The molecule has 0 amide bonds. The summed E-state index contributed by atoms with van der Waals surface area (Å²) in [4.78, 5) is 0. The van der Waals surface area contributed by atoms with Gasteiger partial charge in [-0.1, -0.05) is 72.8 Å². The van der Waals surface area contributed by atoms with Crippen molar-refractivity contribution < 1.29 is 0 Å². The maximum Gasteiger partial charge on any atom is 0.0384 e. The van der Waals surface area contributed by atoms with Gasteiger partial charge in [0.15, 0.2) is 0 Å². The van der Waals surface area contributed by atoms with Crippen molar-refractivity contribution in [1.29, 1.82) is 0 Å². The standard InChI is InChI=1S/C28H19N/c1-2-7-25(8-3-1)29-26-15-13-19(14-16-26)24-17-22-11-9-20-5-4-6-21-10-12-23(18-24)28(22)27(20)21/h1-18,29H. The molecule has 0 spiro atoms. The van der Waals surface area contributed by atoms with E-state index < -0.39 is 0 Å². The topological polar surface area (TPSA) is 12.0 Å². The summed E-state index contributed by atoms with van der Waals surface area (Å²) in [6.07, 6.45) is 0. The van der Waals surface area contributed by atoms with E-state index in [-0.39, 0.29) is 0 Å². The monoisotopic (exact) mass is 369 g/mol. The van der Waals surface area contributed by atoms with Gasteiger partial charge in [-0.3, -0.25) is 0 Å². The van der Waals surface area contributed by atoms with Gasteiger partial charge < -0.3 is 5.32 Å². The van der Waals surface area contributed by atoms with Gasteiger partial charge in [0, 0.05) is 11.4 Å². The van der Waals surface area contributed by atoms with Gasteiger partial charge in [-0.25, -0.2) is 0 Å². The lowest BCUT2D eigenvalue weighted by molar-refractivity contribution is 1.55. The minimum atomic E-state index is 1.10. The van der Waals surface area contributed by atoms with Gasteiger partial charge in [-0.15, -0.1) is 0 Å². The van der Waals surface area contributed by atoms with Gasteiger partial charge in [0.1, 0.15) is 0 Å². The Morgan fingerprint density at radius 2 is 0.931 bits per heavy atom. The molecule has 0 aromatic heterocycles. The number of hydrogen-bond donors (Lipinski definition) is 1. The lowest BCUT2D eigenvalue weighted by Gasteiger charge is -2.13. The van der Waals surface area contributed by atoms with Crippen LogP contribution in [0.4, 0.5) is 11.4 Å². The first kappa shape index (κ1) is 16.1. The fraction of sp³-hybridized carbons (Fsp3) is 0. The van der Waals surface area contributed by atoms with Crippen molar-refractivity contribution in [2.75, 3.05) is 5.32 Å². The summed E-state index contributed by atoms with van der Waals surface area (Å²) in [5, 5.41) is 11.4. The molecule has 0 unspecified atom stereocenters.